The van der Waals surface area contributed by atoms with Crippen LogP contribution >= 0.6 is 0 Å². The number of aliphatic hydroxyl groups is 1. The minimum atomic E-state index is -2.06. The molecule has 0 bridgehead atoms. The third-order valence-electron chi connectivity index (χ3n) is 11.2. The molecule has 0 aliphatic rings. The molecule has 0 atom stereocenters. The van der Waals surface area contributed by atoms with Crippen molar-refractivity contribution < 1.29 is 30.0 Å². The van der Waals surface area contributed by atoms with Gasteiger partial charge in [0.1, 0.15) is 5.76 Å². The molecule has 0 unspecified atom stereocenters. The Morgan fingerprint density at radius 3 is 1.88 bits per heavy atom. The van der Waals surface area contributed by atoms with Gasteiger partial charge in [0.25, 0.3) is 0 Å². The average Bonchev–Trinajstić information content (AvgIpc) is 3.05. The molecule has 4 rings (SSSR count). The molecule has 0 saturated heterocycles. The van der Waals surface area contributed by atoms with E-state index in [9.17, 15) is 9.90 Å². The molecule has 4 nitrogen and oxygen atoms in total. The van der Waals surface area contributed by atoms with Crippen LogP contribution in [-0.4, -0.2) is 47.4 Å². The molecule has 7 heteroatoms. The van der Waals surface area contributed by atoms with Crippen LogP contribution in [0.15, 0.2) is 48.2 Å². The number of carbonyl (C=O) groups excluding carboxylic acids is 1. The first kappa shape index (κ1) is 45.4. The molecule has 1 radical (unpaired) electrons. The van der Waals surface area contributed by atoms with Gasteiger partial charge in [0, 0.05) is 37.0 Å². The van der Waals surface area contributed by atoms with Crippen LogP contribution in [0.4, 0.5) is 0 Å². The Morgan fingerprint density at radius 2 is 1.43 bits per heavy atom. The maximum atomic E-state index is 12.2. The summed E-state index contributed by atoms with van der Waals surface area (Å²) in [5, 5.41) is 13.9. The summed E-state index contributed by atoms with van der Waals surface area (Å²) in [4.78, 5) is 22.4. The molecule has 0 saturated carbocycles. The number of rotatable bonds is 11. The summed E-state index contributed by atoms with van der Waals surface area (Å²) in [5.41, 5.74) is 5.42. The van der Waals surface area contributed by atoms with Crippen molar-refractivity contribution in [3.05, 3.63) is 71.3 Å². The second-order valence-electron chi connectivity index (χ2n) is 17.3. The van der Waals surface area contributed by atoms with Crippen molar-refractivity contribution in [3.63, 3.8) is 0 Å². The van der Waals surface area contributed by atoms with Gasteiger partial charge >= 0.3 is 206 Å². The van der Waals surface area contributed by atoms with E-state index >= 15 is 0 Å². The number of ketones is 1. The number of aromatic nitrogens is 2. The smallest absolute Gasteiger partial charge is 0 e. The van der Waals surface area contributed by atoms with Gasteiger partial charge in [-0.25, -0.2) is 0 Å². The summed E-state index contributed by atoms with van der Waals surface area (Å²) in [6, 6.07) is 17.2. The molecule has 3 aromatic carbocycles. The molecular weight excluding hydrogens is 926 g/mol. The normalized spacial score (nSPS) is 12.9. The molecule has 4 aromatic rings. The second kappa shape index (κ2) is 17.6. The van der Waals surface area contributed by atoms with Gasteiger partial charge in [-0.2, -0.15) is 0 Å². The minimum Gasteiger partial charge on any atom is 0 e. The van der Waals surface area contributed by atoms with Crippen molar-refractivity contribution in [2.75, 3.05) is 0 Å². The van der Waals surface area contributed by atoms with Gasteiger partial charge in [-0.1, -0.05) is 41.5 Å². The van der Waals surface area contributed by atoms with E-state index in [1.165, 1.54) is 32.4 Å². The van der Waals surface area contributed by atoms with Crippen LogP contribution < -0.4 is 8.79 Å². The SMILES string of the molecule is CCC(C)(CC)C(=O)/C=C(\O)C(C)(CC)CC.Cc1cc2ccc3c(-c4[c-]c[c]([Ge]([CH3])([CH3])[CH3])cc4)nc(C(C)C)nc3c2c(C)[c]1[Ge]([CH3])([CH3])[CH3].[Ir]. The number of nitrogens with zero attached hydrogens (tertiary/aromatic N) is 2. The van der Waals surface area contributed by atoms with Crippen LogP contribution in [0.2, 0.25) is 34.5 Å². The summed E-state index contributed by atoms with van der Waals surface area (Å²) in [6.07, 6.45) is 4.75. The van der Waals surface area contributed by atoms with Gasteiger partial charge in [0.2, 0.25) is 0 Å². The number of hydrogen-bond acceptors (Lipinski definition) is 4. The molecule has 0 aliphatic heterocycles. The zero-order valence-electron chi connectivity index (χ0n) is 34.5. The van der Waals surface area contributed by atoms with Gasteiger partial charge < -0.3 is 5.11 Å². The molecular formula is C44H65Ge2IrN2O2-. The molecule has 0 amide bonds. The third-order valence-corrected chi connectivity index (χ3v) is 20.3. The number of aryl methyl sites for hydroxylation is 2. The van der Waals surface area contributed by atoms with E-state index in [1.807, 2.05) is 41.5 Å². The van der Waals surface area contributed by atoms with Gasteiger partial charge in [-0.15, -0.1) is 0 Å². The minimum absolute atomic E-state index is 0. The Balaban J connectivity index is 0.000000428. The van der Waals surface area contributed by atoms with Crippen LogP contribution in [0.3, 0.4) is 0 Å². The largest absolute Gasteiger partial charge is 0 e. The maximum Gasteiger partial charge on any atom is 0 e. The van der Waals surface area contributed by atoms with Crippen LogP contribution in [0.1, 0.15) is 104 Å². The van der Waals surface area contributed by atoms with E-state index in [4.69, 9.17) is 9.97 Å². The van der Waals surface area contributed by atoms with Crippen molar-refractivity contribution in [2.24, 2.45) is 10.8 Å². The standard InChI is InChI=1S/C29H37Ge2N2.C15H28O2.Ir/c1-18(2)29-32-27(21-11-14-23(15-12-21)30(5,6)7)24-16-13-22-17-19(3)26(31(8,9)10)20(4)25(22)28(24)33-29;1-7-14(5,8-2)12(16)11-13(17)15(6,9-3)10-4;/h11,13-18H,1-10H3;11,16H,7-10H2,1-6H3;/q-1;;/b;12-11-;. The van der Waals surface area contributed by atoms with E-state index in [0.29, 0.717) is 0 Å². The zero-order chi connectivity index (χ0) is 38.0. The van der Waals surface area contributed by atoms with Gasteiger partial charge in [-0.05, 0) is 25.7 Å². The molecule has 0 spiro atoms. The first-order valence-corrected chi connectivity index (χ1v) is 33.5. The Morgan fingerprint density at radius 1 is 0.863 bits per heavy atom. The average molecular weight is 991 g/mol. The number of aliphatic hydroxyl groups excluding tert-OH is 1. The Kier molecular flexibility index (Phi) is 15.6. The van der Waals surface area contributed by atoms with Crippen molar-refractivity contribution in [2.45, 2.75) is 135 Å². The predicted molar refractivity (Wildman–Crippen MR) is 224 cm³/mol. The fourth-order valence-electron chi connectivity index (χ4n) is 6.81. The first-order valence-electron chi connectivity index (χ1n) is 18.8. The summed E-state index contributed by atoms with van der Waals surface area (Å²) in [6.45, 7) is 21.0. The van der Waals surface area contributed by atoms with Crippen LogP contribution in [0.5, 0.6) is 0 Å². The molecule has 1 heterocycles. The number of hydrogen-bond donors (Lipinski definition) is 1. The van der Waals surface area contributed by atoms with E-state index in [0.717, 1.165) is 53.7 Å². The number of benzene rings is 3. The fourth-order valence-corrected chi connectivity index (χ4v) is 14.3. The summed E-state index contributed by atoms with van der Waals surface area (Å²) < 4.78 is 3.08. The zero-order valence-corrected chi connectivity index (χ0v) is 41.1. The van der Waals surface area contributed by atoms with E-state index in [-0.39, 0.29) is 48.4 Å². The van der Waals surface area contributed by atoms with Gasteiger partial charge in [0.05, 0.1) is 0 Å². The van der Waals surface area contributed by atoms with Crippen LogP contribution in [0.25, 0.3) is 32.9 Å². The molecule has 281 valence electrons. The molecule has 1 aromatic heterocycles. The van der Waals surface area contributed by atoms with Crippen molar-refractivity contribution >= 4 is 62.8 Å². The van der Waals surface area contributed by atoms with Crippen LogP contribution in [-0.2, 0) is 24.9 Å². The molecule has 51 heavy (non-hydrogen) atoms. The monoisotopic (exact) mass is 994 g/mol. The Hall–Kier alpha value is -1.79. The van der Waals surface area contributed by atoms with Crippen molar-refractivity contribution in [1.82, 2.24) is 9.97 Å². The number of fused-ring (bicyclic) bond motifs is 3. The summed E-state index contributed by atoms with van der Waals surface area (Å²) in [5.74, 6) is 16.2. The summed E-state index contributed by atoms with van der Waals surface area (Å²) >= 11 is -3.95. The molecule has 1 N–H and O–H groups in total. The van der Waals surface area contributed by atoms with E-state index < -0.39 is 26.5 Å². The van der Waals surface area contributed by atoms with Gasteiger partial charge in [0.15, 0.2) is 5.78 Å². The van der Waals surface area contributed by atoms with E-state index in [1.54, 1.807) is 4.40 Å². The molecule has 0 fully saturated rings. The second-order valence-corrected chi connectivity index (χ2v) is 38.4. The third kappa shape index (κ3) is 10.0. The van der Waals surface area contributed by atoms with Crippen molar-refractivity contribution in [1.29, 1.82) is 0 Å². The quantitative estimate of drug-likeness (QED) is 0.0535. The first-order chi connectivity index (χ1) is 23.1. The number of carbonyl (C=O) groups is 1. The Labute approximate surface area is 329 Å². The van der Waals surface area contributed by atoms with E-state index in [2.05, 4.69) is 105 Å². The number of allylic oxidation sites excluding steroid dienone is 2. The molecule has 0 aliphatic carbocycles. The van der Waals surface area contributed by atoms with Crippen LogP contribution in [0, 0.1) is 30.7 Å². The van der Waals surface area contributed by atoms with Gasteiger partial charge in [-0.3, -0.25) is 4.79 Å². The fraction of sp³-hybridized carbons (Fsp3) is 0.523. The summed E-state index contributed by atoms with van der Waals surface area (Å²) in [7, 11) is 0. The topological polar surface area (TPSA) is 63.1 Å². The van der Waals surface area contributed by atoms with Crippen molar-refractivity contribution in [3.8, 4) is 11.3 Å². The maximum absolute atomic E-state index is 12.2. The Bertz CT molecular complexity index is 1860. The predicted octanol–water partition coefficient (Wildman–Crippen LogP) is 11.7.